The molecule has 1 spiro atoms. The van der Waals surface area contributed by atoms with Gasteiger partial charge in [0, 0.05) is 38.0 Å². The number of ether oxygens (including phenoxy) is 1. The van der Waals surface area contributed by atoms with Gasteiger partial charge >= 0.3 is 0 Å². The number of carbonyl (C=O) groups is 1. The van der Waals surface area contributed by atoms with E-state index in [-0.39, 0.29) is 16.7 Å². The highest BCUT2D eigenvalue weighted by molar-refractivity contribution is 7.89. The van der Waals surface area contributed by atoms with Crippen LogP contribution in [-0.2, 0) is 14.8 Å². The zero-order chi connectivity index (χ0) is 19.8. The summed E-state index contributed by atoms with van der Waals surface area (Å²) in [4.78, 5) is 15.9. The van der Waals surface area contributed by atoms with Gasteiger partial charge in [0.05, 0.1) is 17.5 Å². The Morgan fingerprint density at radius 3 is 2.33 bits per heavy atom. The summed E-state index contributed by atoms with van der Waals surface area (Å²) < 4.78 is 35.0. The van der Waals surface area contributed by atoms with Gasteiger partial charge in [-0.2, -0.15) is 4.31 Å². The molecule has 3 rings (SSSR count). The Morgan fingerprint density at radius 2 is 1.81 bits per heavy atom. The number of benzene rings is 1. The van der Waals surface area contributed by atoms with Crippen LogP contribution in [-0.4, -0.2) is 87.5 Å². The van der Waals surface area contributed by atoms with E-state index in [2.05, 4.69) is 4.90 Å². The first-order valence-electron chi connectivity index (χ1n) is 9.28. The summed E-state index contributed by atoms with van der Waals surface area (Å²) >= 11 is 0. The molecule has 0 radical (unpaired) electrons. The molecule has 2 aliphatic rings. The Bertz CT molecular complexity index is 784. The molecule has 8 heteroatoms. The molecule has 0 aliphatic carbocycles. The molecular weight excluding hydrogens is 366 g/mol. The molecule has 150 valence electrons. The van der Waals surface area contributed by atoms with Crippen molar-refractivity contribution in [1.29, 1.82) is 0 Å². The van der Waals surface area contributed by atoms with Crippen molar-refractivity contribution < 1.29 is 17.9 Å². The Balaban J connectivity index is 1.99. The van der Waals surface area contributed by atoms with E-state index in [1.165, 1.54) is 19.1 Å². The average molecular weight is 396 g/mol. The molecule has 1 aromatic rings. The van der Waals surface area contributed by atoms with Crippen LogP contribution in [0.25, 0.3) is 0 Å². The largest absolute Gasteiger partial charge is 0.358 e. The molecule has 2 heterocycles. The minimum Gasteiger partial charge on any atom is -0.358 e. The summed E-state index contributed by atoms with van der Waals surface area (Å²) in [6.45, 7) is 4.06. The molecule has 0 saturated carbocycles. The van der Waals surface area contributed by atoms with Gasteiger partial charge < -0.3 is 14.5 Å². The molecule has 2 fully saturated rings. The molecule has 2 saturated heterocycles. The van der Waals surface area contributed by atoms with Crippen LogP contribution in [0.5, 0.6) is 0 Å². The number of rotatable bonds is 5. The van der Waals surface area contributed by atoms with Gasteiger partial charge in [-0.25, -0.2) is 8.42 Å². The highest BCUT2D eigenvalue weighted by atomic mass is 32.2. The summed E-state index contributed by atoms with van der Waals surface area (Å²) in [5.74, 6) is -0.0827. The monoisotopic (exact) mass is 395 g/mol. The lowest BCUT2D eigenvalue weighted by Gasteiger charge is -2.43. The van der Waals surface area contributed by atoms with Gasteiger partial charge in [0.25, 0.3) is 0 Å². The fraction of sp³-hybridized carbons (Fsp3) is 0.632. The summed E-state index contributed by atoms with van der Waals surface area (Å²) in [5, 5.41) is 0. The van der Waals surface area contributed by atoms with Crippen molar-refractivity contribution in [1.82, 2.24) is 14.1 Å². The van der Waals surface area contributed by atoms with Gasteiger partial charge in [-0.1, -0.05) is 12.1 Å². The highest BCUT2D eigenvalue weighted by Crippen LogP contribution is 2.41. The quantitative estimate of drug-likeness (QED) is 0.699. The maximum Gasteiger partial charge on any atom is 0.245 e. The van der Waals surface area contributed by atoms with Crippen LogP contribution in [0.3, 0.4) is 0 Å². The Hall–Kier alpha value is -1.32. The summed E-state index contributed by atoms with van der Waals surface area (Å²) in [6.07, 6.45) is 1.30. The zero-order valence-electron chi connectivity index (χ0n) is 16.5. The van der Waals surface area contributed by atoms with Crippen molar-refractivity contribution in [2.75, 3.05) is 47.4 Å². The molecule has 7 nitrogen and oxygen atoms in total. The smallest absolute Gasteiger partial charge is 0.245 e. The molecule has 0 N–H and O–H groups in total. The van der Waals surface area contributed by atoms with E-state index in [4.69, 9.17) is 4.74 Å². The second-order valence-corrected chi connectivity index (χ2v) is 9.67. The Morgan fingerprint density at radius 1 is 1.22 bits per heavy atom. The van der Waals surface area contributed by atoms with Gasteiger partial charge in [0.2, 0.25) is 10.0 Å². The van der Waals surface area contributed by atoms with Gasteiger partial charge in [0.1, 0.15) is 5.72 Å². The van der Waals surface area contributed by atoms with E-state index in [1.54, 1.807) is 16.4 Å². The van der Waals surface area contributed by atoms with Gasteiger partial charge in [-0.05, 0) is 40.2 Å². The highest BCUT2D eigenvalue weighted by Gasteiger charge is 2.54. The van der Waals surface area contributed by atoms with Crippen LogP contribution in [0, 0.1) is 0 Å². The minimum absolute atomic E-state index is 0.0827. The maximum atomic E-state index is 13.6. The Kier molecular flexibility index (Phi) is 5.74. The molecule has 1 atom stereocenters. The van der Waals surface area contributed by atoms with Gasteiger partial charge in [-0.3, -0.25) is 4.79 Å². The third kappa shape index (κ3) is 3.95. The van der Waals surface area contributed by atoms with E-state index in [9.17, 15) is 13.2 Å². The number of likely N-dealkylation sites (tertiary alicyclic amines) is 1. The molecule has 0 aromatic heterocycles. The van der Waals surface area contributed by atoms with Crippen molar-refractivity contribution in [3.8, 4) is 0 Å². The van der Waals surface area contributed by atoms with E-state index < -0.39 is 15.7 Å². The Labute approximate surface area is 161 Å². The SMILES string of the molecule is CC(=O)c1ccc(S(=O)(=O)N2C(CN(C)C)COC23CCN(C)CC3)cc1. The molecule has 1 unspecified atom stereocenters. The van der Waals surface area contributed by atoms with Crippen molar-refractivity contribution in [3.63, 3.8) is 0 Å². The van der Waals surface area contributed by atoms with E-state index in [0.29, 0.717) is 31.6 Å². The fourth-order valence-corrected chi connectivity index (χ4v) is 5.89. The minimum atomic E-state index is -3.75. The second-order valence-electron chi connectivity index (χ2n) is 7.86. The number of ketones is 1. The zero-order valence-corrected chi connectivity index (χ0v) is 17.3. The predicted molar refractivity (Wildman–Crippen MR) is 103 cm³/mol. The van der Waals surface area contributed by atoms with Gasteiger partial charge in [0.15, 0.2) is 5.78 Å². The number of nitrogens with zero attached hydrogens (tertiary/aromatic N) is 3. The van der Waals surface area contributed by atoms with E-state index in [1.807, 2.05) is 26.0 Å². The number of hydrogen-bond donors (Lipinski definition) is 0. The molecule has 1 aromatic carbocycles. The standard InChI is InChI=1S/C19H29N3O4S/c1-15(23)16-5-7-18(8-6-16)27(24,25)22-17(13-20(2)3)14-26-19(22)9-11-21(4)12-10-19/h5-8,17H,9-14H2,1-4H3. The van der Waals surface area contributed by atoms with Crippen LogP contribution < -0.4 is 0 Å². The maximum absolute atomic E-state index is 13.6. The molecule has 27 heavy (non-hydrogen) atoms. The van der Waals surface area contributed by atoms with Crippen LogP contribution >= 0.6 is 0 Å². The lowest BCUT2D eigenvalue weighted by molar-refractivity contribution is -0.0885. The number of hydrogen-bond acceptors (Lipinski definition) is 6. The third-order valence-electron chi connectivity index (χ3n) is 5.44. The number of likely N-dealkylation sites (N-methyl/N-ethyl adjacent to an activating group) is 1. The normalized spacial score (nSPS) is 24.0. The summed E-state index contributed by atoms with van der Waals surface area (Å²) in [5.41, 5.74) is -0.281. The lowest BCUT2D eigenvalue weighted by atomic mass is 10.0. The number of Topliss-reactive ketones (excluding diaryl/α,β-unsaturated/α-hetero) is 1. The number of piperidine rings is 1. The second kappa shape index (κ2) is 7.60. The first-order chi connectivity index (χ1) is 12.7. The summed E-state index contributed by atoms with van der Waals surface area (Å²) in [6, 6.07) is 5.98. The number of carbonyl (C=O) groups excluding carboxylic acids is 1. The fourth-order valence-electron chi connectivity index (χ4n) is 3.99. The molecule has 2 aliphatic heterocycles. The van der Waals surface area contributed by atoms with Crippen molar-refractivity contribution in [2.24, 2.45) is 0 Å². The predicted octanol–water partition coefficient (Wildman–Crippen LogP) is 1.26. The van der Waals surface area contributed by atoms with Crippen molar-refractivity contribution >= 4 is 15.8 Å². The third-order valence-corrected chi connectivity index (χ3v) is 7.46. The van der Waals surface area contributed by atoms with Crippen LogP contribution in [0.1, 0.15) is 30.1 Å². The van der Waals surface area contributed by atoms with Crippen LogP contribution in [0.2, 0.25) is 0 Å². The topological polar surface area (TPSA) is 70.2 Å². The van der Waals surface area contributed by atoms with Crippen molar-refractivity contribution in [2.45, 2.75) is 36.4 Å². The van der Waals surface area contributed by atoms with Crippen LogP contribution in [0.15, 0.2) is 29.2 Å². The lowest BCUT2D eigenvalue weighted by Crippen LogP contribution is -2.57. The molecule has 0 amide bonds. The van der Waals surface area contributed by atoms with Crippen molar-refractivity contribution in [3.05, 3.63) is 29.8 Å². The molecular formula is C19H29N3O4S. The first-order valence-corrected chi connectivity index (χ1v) is 10.7. The summed E-state index contributed by atoms with van der Waals surface area (Å²) in [7, 11) is 2.16. The molecule has 0 bridgehead atoms. The first kappa shape index (κ1) is 20.4. The van der Waals surface area contributed by atoms with E-state index >= 15 is 0 Å². The van der Waals surface area contributed by atoms with Gasteiger partial charge in [-0.15, -0.1) is 0 Å². The van der Waals surface area contributed by atoms with E-state index in [0.717, 1.165) is 13.1 Å². The van der Waals surface area contributed by atoms with Crippen LogP contribution in [0.4, 0.5) is 0 Å². The number of sulfonamides is 1. The average Bonchev–Trinajstić information content (AvgIpc) is 2.95.